The Hall–Kier alpha value is -1.10. The molecule has 1 unspecified atom stereocenters. The molecule has 5 heteroatoms. The largest absolute Gasteiger partial charge is 0.368 e. The fourth-order valence-corrected chi connectivity index (χ4v) is 3.47. The van der Waals surface area contributed by atoms with Crippen molar-refractivity contribution in [1.82, 2.24) is 4.90 Å². The average molecular weight is 281 g/mol. The second-order valence-electron chi connectivity index (χ2n) is 6.32. The molecule has 0 bridgehead atoms. The van der Waals surface area contributed by atoms with Gasteiger partial charge in [-0.05, 0) is 57.3 Å². The molecule has 4 N–H and O–H groups in total. The lowest BCUT2D eigenvalue weighted by atomic mass is 9.83. The second kappa shape index (κ2) is 7.07. The first-order valence-corrected chi connectivity index (χ1v) is 7.92. The average Bonchev–Trinajstić information content (AvgIpc) is 2.46. The first-order valence-electron chi connectivity index (χ1n) is 7.92. The van der Waals surface area contributed by atoms with Crippen LogP contribution in [0.15, 0.2) is 0 Å². The highest BCUT2D eigenvalue weighted by Gasteiger charge is 2.30. The van der Waals surface area contributed by atoms with Crippen LogP contribution >= 0.6 is 0 Å². The molecule has 0 aromatic carbocycles. The van der Waals surface area contributed by atoms with Crippen molar-refractivity contribution in [2.75, 3.05) is 6.54 Å². The Balaban J connectivity index is 1.79. The lowest BCUT2D eigenvalue weighted by Gasteiger charge is -2.34. The van der Waals surface area contributed by atoms with E-state index in [0.29, 0.717) is 24.9 Å². The molecule has 1 aliphatic heterocycles. The maximum Gasteiger partial charge on any atom is 0.240 e. The molecule has 0 radical (unpaired) electrons. The summed E-state index contributed by atoms with van der Waals surface area (Å²) < 4.78 is 0. The van der Waals surface area contributed by atoms with Gasteiger partial charge in [-0.3, -0.25) is 9.59 Å². The maximum absolute atomic E-state index is 12.3. The molecule has 0 aromatic heterocycles. The molecule has 20 heavy (non-hydrogen) atoms. The first-order chi connectivity index (χ1) is 9.58. The number of hydrogen-bond acceptors (Lipinski definition) is 3. The van der Waals surface area contributed by atoms with Gasteiger partial charge < -0.3 is 16.4 Å². The Morgan fingerprint density at radius 3 is 2.40 bits per heavy atom. The van der Waals surface area contributed by atoms with Crippen LogP contribution in [0, 0.1) is 5.92 Å². The van der Waals surface area contributed by atoms with Gasteiger partial charge in [0.05, 0.1) is 0 Å². The fraction of sp³-hybridized carbons (Fsp3) is 0.867. The summed E-state index contributed by atoms with van der Waals surface area (Å²) in [7, 11) is 0. The van der Waals surface area contributed by atoms with E-state index in [9.17, 15) is 9.59 Å². The van der Waals surface area contributed by atoms with E-state index in [1.807, 2.05) is 0 Å². The maximum atomic E-state index is 12.3. The number of rotatable bonds is 4. The molecule has 1 heterocycles. The number of hydrogen-bond donors (Lipinski definition) is 2. The molecule has 2 fully saturated rings. The molecule has 114 valence electrons. The Bertz CT molecular complexity index is 351. The van der Waals surface area contributed by atoms with Crippen LogP contribution in [0.5, 0.6) is 0 Å². The Morgan fingerprint density at radius 2 is 1.75 bits per heavy atom. The normalized spacial score (nSPS) is 31.1. The van der Waals surface area contributed by atoms with Crippen LogP contribution in [0.3, 0.4) is 0 Å². The molecule has 0 spiro atoms. The molecule has 2 amide bonds. The lowest BCUT2D eigenvalue weighted by Crippen LogP contribution is -2.50. The summed E-state index contributed by atoms with van der Waals surface area (Å²) in [6.07, 6.45) is 8.57. The van der Waals surface area contributed by atoms with E-state index in [4.69, 9.17) is 11.5 Å². The number of likely N-dealkylation sites (tertiary alicyclic amines) is 1. The summed E-state index contributed by atoms with van der Waals surface area (Å²) in [5.74, 6) is 0.362. The highest BCUT2D eigenvalue weighted by molar-refractivity contribution is 5.86. The summed E-state index contributed by atoms with van der Waals surface area (Å²) >= 11 is 0. The van der Waals surface area contributed by atoms with Crippen molar-refractivity contribution in [3.63, 3.8) is 0 Å². The monoisotopic (exact) mass is 281 g/mol. The molecular weight excluding hydrogens is 254 g/mol. The van der Waals surface area contributed by atoms with Crippen molar-refractivity contribution >= 4 is 11.8 Å². The van der Waals surface area contributed by atoms with Crippen LogP contribution in [-0.2, 0) is 9.59 Å². The van der Waals surface area contributed by atoms with Crippen LogP contribution in [0.2, 0.25) is 0 Å². The minimum absolute atomic E-state index is 0.100. The van der Waals surface area contributed by atoms with E-state index in [2.05, 4.69) is 0 Å². The smallest absolute Gasteiger partial charge is 0.240 e. The van der Waals surface area contributed by atoms with Crippen molar-refractivity contribution in [2.24, 2.45) is 17.4 Å². The zero-order valence-corrected chi connectivity index (χ0v) is 12.2. The predicted molar refractivity (Wildman–Crippen MR) is 77.7 cm³/mol. The molecular formula is C15H27N3O2. The SMILES string of the molecule is NC(=O)C1CCCCN1C(=O)CCC1CCC(N)CC1. The summed E-state index contributed by atoms with van der Waals surface area (Å²) in [6, 6.07) is -0.0284. The van der Waals surface area contributed by atoms with Gasteiger partial charge in [-0.15, -0.1) is 0 Å². The molecule has 1 aliphatic carbocycles. The summed E-state index contributed by atoms with van der Waals surface area (Å²) in [6.45, 7) is 0.683. The van der Waals surface area contributed by atoms with Gasteiger partial charge >= 0.3 is 0 Å². The van der Waals surface area contributed by atoms with Gasteiger partial charge in [-0.25, -0.2) is 0 Å². The first kappa shape index (κ1) is 15.3. The van der Waals surface area contributed by atoms with Gasteiger partial charge in [0.15, 0.2) is 0 Å². The number of amides is 2. The van der Waals surface area contributed by atoms with Crippen molar-refractivity contribution in [2.45, 2.75) is 69.9 Å². The van der Waals surface area contributed by atoms with Crippen LogP contribution in [0.1, 0.15) is 57.8 Å². The molecule has 1 saturated heterocycles. The molecule has 2 aliphatic rings. The number of primary amides is 1. The van der Waals surface area contributed by atoms with E-state index in [1.54, 1.807) is 4.90 Å². The van der Waals surface area contributed by atoms with Gasteiger partial charge in [0.1, 0.15) is 6.04 Å². The number of nitrogens with zero attached hydrogens (tertiary/aromatic N) is 1. The molecule has 1 atom stereocenters. The van der Waals surface area contributed by atoms with Crippen molar-refractivity contribution < 1.29 is 9.59 Å². The van der Waals surface area contributed by atoms with Crippen LogP contribution < -0.4 is 11.5 Å². The highest BCUT2D eigenvalue weighted by Crippen LogP contribution is 2.27. The molecule has 0 aromatic rings. The molecule has 5 nitrogen and oxygen atoms in total. The third kappa shape index (κ3) is 3.95. The van der Waals surface area contributed by atoms with Crippen molar-refractivity contribution in [3.8, 4) is 0 Å². The summed E-state index contributed by atoms with van der Waals surface area (Å²) in [5, 5.41) is 0. The van der Waals surface area contributed by atoms with Gasteiger partial charge in [0.2, 0.25) is 11.8 Å². The third-order valence-corrected chi connectivity index (χ3v) is 4.81. The zero-order valence-electron chi connectivity index (χ0n) is 12.2. The minimum atomic E-state index is -0.379. The predicted octanol–water partition coefficient (Wildman–Crippen LogP) is 1.15. The van der Waals surface area contributed by atoms with E-state index >= 15 is 0 Å². The Morgan fingerprint density at radius 1 is 1.05 bits per heavy atom. The standard InChI is InChI=1S/C15H27N3O2/c16-12-7-4-11(5-8-12)6-9-14(19)18-10-2-1-3-13(18)15(17)20/h11-13H,1-10,16H2,(H2,17,20). The van der Waals surface area contributed by atoms with Crippen molar-refractivity contribution in [1.29, 1.82) is 0 Å². The zero-order chi connectivity index (χ0) is 14.5. The Labute approximate surface area is 121 Å². The molecule has 2 rings (SSSR count). The summed E-state index contributed by atoms with van der Waals surface area (Å²) in [4.78, 5) is 25.4. The van der Waals surface area contributed by atoms with E-state index in [0.717, 1.165) is 51.4 Å². The van der Waals surface area contributed by atoms with E-state index in [-0.39, 0.29) is 17.9 Å². The number of carbonyl (C=O) groups excluding carboxylic acids is 2. The van der Waals surface area contributed by atoms with Crippen LogP contribution in [0.4, 0.5) is 0 Å². The second-order valence-corrected chi connectivity index (χ2v) is 6.32. The fourth-order valence-electron chi connectivity index (χ4n) is 3.47. The van der Waals surface area contributed by atoms with Gasteiger partial charge in [-0.2, -0.15) is 0 Å². The van der Waals surface area contributed by atoms with E-state index < -0.39 is 0 Å². The topological polar surface area (TPSA) is 89.4 Å². The number of carbonyl (C=O) groups is 2. The highest BCUT2D eigenvalue weighted by atomic mass is 16.2. The van der Waals surface area contributed by atoms with Crippen molar-refractivity contribution in [3.05, 3.63) is 0 Å². The quantitative estimate of drug-likeness (QED) is 0.810. The third-order valence-electron chi connectivity index (χ3n) is 4.81. The van der Waals surface area contributed by atoms with Crippen LogP contribution in [-0.4, -0.2) is 35.3 Å². The van der Waals surface area contributed by atoms with Gasteiger partial charge in [-0.1, -0.05) is 0 Å². The molecule has 1 saturated carbocycles. The number of piperidine rings is 1. The lowest BCUT2D eigenvalue weighted by molar-refractivity contribution is -0.141. The number of nitrogens with two attached hydrogens (primary N) is 2. The van der Waals surface area contributed by atoms with Gasteiger partial charge in [0.25, 0.3) is 0 Å². The van der Waals surface area contributed by atoms with Crippen LogP contribution in [0.25, 0.3) is 0 Å². The minimum Gasteiger partial charge on any atom is -0.368 e. The summed E-state index contributed by atoms with van der Waals surface area (Å²) in [5.41, 5.74) is 11.3. The Kier molecular flexibility index (Phi) is 5.40. The van der Waals surface area contributed by atoms with Gasteiger partial charge in [0, 0.05) is 19.0 Å². The van der Waals surface area contributed by atoms with E-state index in [1.165, 1.54) is 0 Å².